The van der Waals surface area contributed by atoms with Crippen molar-refractivity contribution in [1.82, 2.24) is 0 Å². The van der Waals surface area contributed by atoms with E-state index in [2.05, 4.69) is 39.0 Å². The van der Waals surface area contributed by atoms with Crippen LogP contribution in [0.25, 0.3) is 0 Å². The van der Waals surface area contributed by atoms with Gasteiger partial charge in [-0.3, -0.25) is 0 Å². The minimum Gasteiger partial charge on any atom is -0.371 e. The Kier molecular flexibility index (Phi) is 2.91. The SMILES string of the molecule is NC1(Cc2ccc(N3CCCC3)c(Br)c2)CC1. The lowest BCUT2D eigenvalue weighted by Crippen LogP contribution is -2.24. The maximum atomic E-state index is 6.16. The molecule has 1 heterocycles. The van der Waals surface area contributed by atoms with Crippen LogP contribution in [-0.4, -0.2) is 18.6 Å². The molecular weight excluding hydrogens is 276 g/mol. The number of rotatable bonds is 3. The first kappa shape index (κ1) is 11.5. The molecule has 2 N–H and O–H groups in total. The molecule has 0 atom stereocenters. The van der Waals surface area contributed by atoms with Gasteiger partial charge in [-0.25, -0.2) is 0 Å². The van der Waals surface area contributed by atoms with Crippen LogP contribution in [0, 0.1) is 0 Å². The average Bonchev–Trinajstić information content (AvgIpc) is 2.81. The standard InChI is InChI=1S/C14H19BrN2/c15-12-9-11(10-14(16)5-6-14)3-4-13(12)17-7-1-2-8-17/h3-4,9H,1-2,5-8,10,16H2. The van der Waals surface area contributed by atoms with E-state index in [1.165, 1.54) is 54.5 Å². The summed E-state index contributed by atoms with van der Waals surface area (Å²) in [6.45, 7) is 2.39. The first-order valence-electron chi connectivity index (χ1n) is 6.49. The monoisotopic (exact) mass is 294 g/mol. The molecular formula is C14H19BrN2. The van der Waals surface area contributed by atoms with Crippen molar-refractivity contribution in [3.8, 4) is 0 Å². The van der Waals surface area contributed by atoms with Crippen molar-refractivity contribution in [3.63, 3.8) is 0 Å². The van der Waals surface area contributed by atoms with E-state index in [0.29, 0.717) is 0 Å². The first-order chi connectivity index (χ1) is 8.16. The number of hydrogen-bond acceptors (Lipinski definition) is 2. The van der Waals surface area contributed by atoms with Gasteiger partial charge in [0.25, 0.3) is 0 Å². The molecule has 1 saturated carbocycles. The predicted molar refractivity (Wildman–Crippen MR) is 75.4 cm³/mol. The lowest BCUT2D eigenvalue weighted by Gasteiger charge is -2.20. The van der Waals surface area contributed by atoms with Crippen molar-refractivity contribution in [2.75, 3.05) is 18.0 Å². The molecule has 3 heteroatoms. The Labute approximate surface area is 111 Å². The van der Waals surface area contributed by atoms with Gasteiger partial charge in [0, 0.05) is 23.1 Å². The Morgan fingerprint density at radius 3 is 2.53 bits per heavy atom. The molecule has 1 aromatic carbocycles. The van der Waals surface area contributed by atoms with Gasteiger partial charge in [0.05, 0.1) is 5.69 Å². The Balaban J connectivity index is 1.78. The summed E-state index contributed by atoms with van der Waals surface area (Å²) in [5.74, 6) is 0. The third-order valence-corrected chi connectivity index (χ3v) is 4.54. The minimum absolute atomic E-state index is 0.106. The van der Waals surface area contributed by atoms with Gasteiger partial charge in [0.2, 0.25) is 0 Å². The number of benzene rings is 1. The Morgan fingerprint density at radius 1 is 1.24 bits per heavy atom. The van der Waals surface area contributed by atoms with Crippen molar-refractivity contribution < 1.29 is 0 Å². The normalized spacial score (nSPS) is 21.9. The summed E-state index contributed by atoms with van der Waals surface area (Å²) in [6.07, 6.45) is 6.02. The zero-order valence-corrected chi connectivity index (χ0v) is 11.7. The van der Waals surface area contributed by atoms with Gasteiger partial charge in [-0.05, 0) is 65.7 Å². The summed E-state index contributed by atoms with van der Waals surface area (Å²) >= 11 is 3.70. The highest BCUT2D eigenvalue weighted by molar-refractivity contribution is 9.10. The van der Waals surface area contributed by atoms with E-state index in [1.807, 2.05) is 0 Å². The van der Waals surface area contributed by atoms with Crippen molar-refractivity contribution >= 4 is 21.6 Å². The van der Waals surface area contributed by atoms with Gasteiger partial charge in [0.15, 0.2) is 0 Å². The van der Waals surface area contributed by atoms with E-state index in [4.69, 9.17) is 5.73 Å². The summed E-state index contributed by atoms with van der Waals surface area (Å²) in [4.78, 5) is 2.46. The number of nitrogens with two attached hydrogens (primary N) is 1. The Morgan fingerprint density at radius 2 is 1.94 bits per heavy atom. The smallest absolute Gasteiger partial charge is 0.0510 e. The molecule has 0 unspecified atom stereocenters. The van der Waals surface area contributed by atoms with Crippen molar-refractivity contribution in [1.29, 1.82) is 0 Å². The van der Waals surface area contributed by atoms with Crippen LogP contribution in [0.1, 0.15) is 31.2 Å². The van der Waals surface area contributed by atoms with E-state index in [1.54, 1.807) is 0 Å². The first-order valence-corrected chi connectivity index (χ1v) is 7.28. The molecule has 17 heavy (non-hydrogen) atoms. The van der Waals surface area contributed by atoms with Gasteiger partial charge in [-0.15, -0.1) is 0 Å². The largest absolute Gasteiger partial charge is 0.371 e. The van der Waals surface area contributed by atoms with E-state index in [0.717, 1.165) is 6.42 Å². The van der Waals surface area contributed by atoms with Crippen LogP contribution in [0.5, 0.6) is 0 Å². The minimum atomic E-state index is 0.106. The highest BCUT2D eigenvalue weighted by Crippen LogP contribution is 2.37. The third-order valence-electron chi connectivity index (χ3n) is 3.91. The second-order valence-electron chi connectivity index (χ2n) is 5.52. The molecule has 0 radical (unpaired) electrons. The average molecular weight is 295 g/mol. The highest BCUT2D eigenvalue weighted by atomic mass is 79.9. The second kappa shape index (κ2) is 4.29. The lowest BCUT2D eigenvalue weighted by atomic mass is 10.0. The third kappa shape index (κ3) is 2.50. The summed E-state index contributed by atoms with van der Waals surface area (Å²) in [6, 6.07) is 6.74. The molecule has 0 spiro atoms. The molecule has 2 fully saturated rings. The molecule has 1 saturated heterocycles. The molecule has 0 aromatic heterocycles. The second-order valence-corrected chi connectivity index (χ2v) is 6.37. The van der Waals surface area contributed by atoms with E-state index < -0.39 is 0 Å². The van der Waals surface area contributed by atoms with Crippen LogP contribution in [0.3, 0.4) is 0 Å². The molecule has 2 aliphatic rings. The predicted octanol–water partition coefficient (Wildman–Crippen LogP) is 3.08. The lowest BCUT2D eigenvalue weighted by molar-refractivity contribution is 0.672. The van der Waals surface area contributed by atoms with Crippen LogP contribution < -0.4 is 10.6 Å². The fourth-order valence-corrected chi connectivity index (χ4v) is 3.30. The fourth-order valence-electron chi connectivity index (χ4n) is 2.62. The fraction of sp³-hybridized carbons (Fsp3) is 0.571. The molecule has 1 aliphatic heterocycles. The maximum Gasteiger partial charge on any atom is 0.0510 e. The number of nitrogens with zero attached hydrogens (tertiary/aromatic N) is 1. The van der Waals surface area contributed by atoms with Crippen molar-refractivity contribution in [2.45, 2.75) is 37.6 Å². The van der Waals surface area contributed by atoms with E-state index in [9.17, 15) is 0 Å². The molecule has 1 aromatic rings. The molecule has 2 nitrogen and oxygen atoms in total. The van der Waals surface area contributed by atoms with Crippen LogP contribution in [0.2, 0.25) is 0 Å². The summed E-state index contributed by atoms with van der Waals surface area (Å²) < 4.78 is 1.22. The van der Waals surface area contributed by atoms with Crippen molar-refractivity contribution in [3.05, 3.63) is 28.2 Å². The molecule has 1 aliphatic carbocycles. The highest BCUT2D eigenvalue weighted by Gasteiger charge is 2.38. The summed E-state index contributed by atoms with van der Waals surface area (Å²) in [5, 5.41) is 0. The number of halogens is 1. The number of anilines is 1. The molecule has 3 rings (SSSR count). The Bertz CT molecular complexity index is 420. The van der Waals surface area contributed by atoms with Gasteiger partial charge in [-0.1, -0.05) is 6.07 Å². The zero-order chi connectivity index (χ0) is 11.9. The quantitative estimate of drug-likeness (QED) is 0.928. The van der Waals surface area contributed by atoms with Gasteiger partial charge < -0.3 is 10.6 Å². The Hall–Kier alpha value is -0.540. The zero-order valence-electron chi connectivity index (χ0n) is 10.1. The van der Waals surface area contributed by atoms with Crippen LogP contribution >= 0.6 is 15.9 Å². The molecule has 92 valence electrons. The number of hydrogen-bond donors (Lipinski definition) is 1. The van der Waals surface area contributed by atoms with Gasteiger partial charge in [-0.2, -0.15) is 0 Å². The van der Waals surface area contributed by atoms with Crippen LogP contribution in [0.15, 0.2) is 22.7 Å². The summed E-state index contributed by atoms with van der Waals surface area (Å²) in [7, 11) is 0. The summed E-state index contributed by atoms with van der Waals surface area (Å²) in [5.41, 5.74) is 8.97. The molecule has 0 amide bonds. The van der Waals surface area contributed by atoms with E-state index >= 15 is 0 Å². The van der Waals surface area contributed by atoms with Crippen LogP contribution in [-0.2, 0) is 6.42 Å². The topological polar surface area (TPSA) is 29.3 Å². The van der Waals surface area contributed by atoms with Crippen molar-refractivity contribution in [2.24, 2.45) is 5.73 Å². The maximum absolute atomic E-state index is 6.16. The molecule has 0 bridgehead atoms. The van der Waals surface area contributed by atoms with E-state index in [-0.39, 0.29) is 5.54 Å². The van der Waals surface area contributed by atoms with Gasteiger partial charge >= 0.3 is 0 Å². The van der Waals surface area contributed by atoms with Crippen LogP contribution in [0.4, 0.5) is 5.69 Å². The van der Waals surface area contributed by atoms with Gasteiger partial charge in [0.1, 0.15) is 0 Å².